The van der Waals surface area contributed by atoms with Crippen LogP contribution in [0.1, 0.15) is 35.2 Å². The Morgan fingerprint density at radius 1 is 0.800 bits per heavy atom. The number of hydrogen-bond donors (Lipinski definition) is 2. The quantitative estimate of drug-likeness (QED) is 0.879. The van der Waals surface area contributed by atoms with Gasteiger partial charge in [-0.15, -0.1) is 0 Å². The number of rotatable bonds is 3. The molecular formula is C20H23N3O2. The molecule has 3 rings (SSSR count). The van der Waals surface area contributed by atoms with Crippen LogP contribution in [0.5, 0.6) is 0 Å². The van der Waals surface area contributed by atoms with Gasteiger partial charge in [0.05, 0.1) is 0 Å². The second-order valence-corrected chi connectivity index (χ2v) is 6.38. The maximum atomic E-state index is 12.4. The predicted octanol–water partition coefficient (Wildman–Crippen LogP) is 4.27. The van der Waals surface area contributed by atoms with E-state index in [4.69, 9.17) is 0 Å². The van der Waals surface area contributed by atoms with E-state index in [-0.39, 0.29) is 11.9 Å². The maximum absolute atomic E-state index is 12.4. The number of carbonyl (C=O) groups excluding carboxylic acids is 2. The third-order valence-corrected chi connectivity index (χ3v) is 4.34. The van der Waals surface area contributed by atoms with Crippen molar-refractivity contribution in [3.63, 3.8) is 0 Å². The highest BCUT2D eigenvalue weighted by Crippen LogP contribution is 2.16. The summed E-state index contributed by atoms with van der Waals surface area (Å²) in [4.78, 5) is 26.4. The molecule has 25 heavy (non-hydrogen) atoms. The zero-order valence-electron chi connectivity index (χ0n) is 14.4. The van der Waals surface area contributed by atoms with E-state index in [2.05, 4.69) is 10.6 Å². The van der Waals surface area contributed by atoms with Crippen LogP contribution < -0.4 is 10.6 Å². The molecule has 5 heteroatoms. The number of piperidine rings is 1. The van der Waals surface area contributed by atoms with Crippen molar-refractivity contribution < 1.29 is 9.59 Å². The summed E-state index contributed by atoms with van der Waals surface area (Å²) in [6.45, 7) is 3.66. The minimum atomic E-state index is -0.307. The van der Waals surface area contributed by atoms with E-state index in [0.29, 0.717) is 11.3 Å². The summed E-state index contributed by atoms with van der Waals surface area (Å²) in [6.07, 6.45) is 3.35. The van der Waals surface area contributed by atoms with Crippen LogP contribution in [0, 0.1) is 6.92 Å². The van der Waals surface area contributed by atoms with E-state index in [1.54, 1.807) is 24.3 Å². The highest BCUT2D eigenvalue weighted by atomic mass is 16.2. The molecule has 2 aromatic rings. The fraction of sp³-hybridized carbons (Fsp3) is 0.300. The first-order valence-corrected chi connectivity index (χ1v) is 8.66. The van der Waals surface area contributed by atoms with E-state index in [9.17, 15) is 9.59 Å². The van der Waals surface area contributed by atoms with Crippen LogP contribution in [0.2, 0.25) is 0 Å². The third kappa shape index (κ3) is 4.59. The Morgan fingerprint density at radius 2 is 1.32 bits per heavy atom. The van der Waals surface area contributed by atoms with Gasteiger partial charge in [-0.2, -0.15) is 0 Å². The normalized spacial score (nSPS) is 14.0. The first-order chi connectivity index (χ1) is 12.1. The van der Waals surface area contributed by atoms with Gasteiger partial charge in [-0.1, -0.05) is 17.7 Å². The van der Waals surface area contributed by atoms with Gasteiger partial charge in [-0.05, 0) is 62.6 Å². The number of nitrogens with one attached hydrogen (secondary N) is 2. The van der Waals surface area contributed by atoms with Crippen LogP contribution in [0.25, 0.3) is 0 Å². The Bertz CT molecular complexity index is 733. The van der Waals surface area contributed by atoms with Crippen molar-refractivity contribution in [2.24, 2.45) is 0 Å². The van der Waals surface area contributed by atoms with Crippen molar-refractivity contribution in [2.45, 2.75) is 26.2 Å². The molecule has 0 aromatic heterocycles. The van der Waals surface area contributed by atoms with Gasteiger partial charge in [0.15, 0.2) is 0 Å². The highest BCUT2D eigenvalue weighted by Gasteiger charge is 2.17. The maximum Gasteiger partial charge on any atom is 0.323 e. The lowest BCUT2D eigenvalue weighted by Crippen LogP contribution is -2.35. The SMILES string of the molecule is Cc1ccc(NC(=O)Nc2ccc(C(=O)N3CCCCC3)cc2)cc1. The molecule has 1 heterocycles. The van der Waals surface area contributed by atoms with E-state index in [0.717, 1.165) is 37.2 Å². The first kappa shape index (κ1) is 17.0. The Balaban J connectivity index is 1.57. The summed E-state index contributed by atoms with van der Waals surface area (Å²) in [7, 11) is 0. The molecule has 1 aliphatic rings. The summed E-state index contributed by atoms with van der Waals surface area (Å²) in [5.41, 5.74) is 3.19. The molecular weight excluding hydrogens is 314 g/mol. The molecule has 0 aliphatic carbocycles. The topological polar surface area (TPSA) is 61.4 Å². The number of carbonyl (C=O) groups is 2. The lowest BCUT2D eigenvalue weighted by atomic mass is 10.1. The van der Waals surface area contributed by atoms with Crippen LogP contribution in [0.15, 0.2) is 48.5 Å². The molecule has 0 bridgehead atoms. The molecule has 2 aromatic carbocycles. The standard InChI is InChI=1S/C20H23N3O2/c1-15-5-9-17(10-6-15)21-20(25)22-18-11-7-16(8-12-18)19(24)23-13-3-2-4-14-23/h5-12H,2-4,13-14H2,1H3,(H2,21,22,25). The number of benzene rings is 2. The Kier molecular flexibility index (Phi) is 5.33. The number of likely N-dealkylation sites (tertiary alicyclic amines) is 1. The molecule has 0 unspecified atom stereocenters. The lowest BCUT2D eigenvalue weighted by Gasteiger charge is -2.26. The van der Waals surface area contributed by atoms with Gasteiger partial charge in [-0.3, -0.25) is 4.79 Å². The molecule has 130 valence electrons. The van der Waals surface area contributed by atoms with Crippen molar-refractivity contribution in [1.29, 1.82) is 0 Å². The smallest absolute Gasteiger partial charge is 0.323 e. The summed E-state index contributed by atoms with van der Waals surface area (Å²) < 4.78 is 0. The number of aryl methyl sites for hydroxylation is 1. The molecule has 1 fully saturated rings. The van der Waals surface area contributed by atoms with Gasteiger partial charge in [-0.25, -0.2) is 4.79 Å². The summed E-state index contributed by atoms with van der Waals surface area (Å²) in [5, 5.41) is 5.56. The number of anilines is 2. The number of nitrogens with zero attached hydrogens (tertiary/aromatic N) is 1. The molecule has 3 amide bonds. The van der Waals surface area contributed by atoms with E-state index >= 15 is 0 Å². The number of urea groups is 1. The van der Waals surface area contributed by atoms with Gasteiger partial charge in [0, 0.05) is 30.0 Å². The molecule has 1 aliphatic heterocycles. The molecule has 2 N–H and O–H groups in total. The molecule has 0 radical (unpaired) electrons. The molecule has 0 atom stereocenters. The van der Waals surface area contributed by atoms with Gasteiger partial charge in [0.1, 0.15) is 0 Å². The Hall–Kier alpha value is -2.82. The monoisotopic (exact) mass is 337 g/mol. The lowest BCUT2D eigenvalue weighted by molar-refractivity contribution is 0.0724. The van der Waals surface area contributed by atoms with Crippen molar-refractivity contribution in [2.75, 3.05) is 23.7 Å². The second-order valence-electron chi connectivity index (χ2n) is 6.38. The average molecular weight is 337 g/mol. The first-order valence-electron chi connectivity index (χ1n) is 8.66. The number of hydrogen-bond acceptors (Lipinski definition) is 2. The van der Waals surface area contributed by atoms with Crippen molar-refractivity contribution in [3.8, 4) is 0 Å². The van der Waals surface area contributed by atoms with Crippen molar-refractivity contribution >= 4 is 23.3 Å². The average Bonchev–Trinajstić information content (AvgIpc) is 2.64. The van der Waals surface area contributed by atoms with Crippen LogP contribution in [-0.4, -0.2) is 29.9 Å². The third-order valence-electron chi connectivity index (χ3n) is 4.34. The van der Waals surface area contributed by atoms with Crippen molar-refractivity contribution in [3.05, 3.63) is 59.7 Å². The van der Waals surface area contributed by atoms with Crippen LogP contribution >= 0.6 is 0 Å². The summed E-state index contributed by atoms with van der Waals surface area (Å²) in [6, 6.07) is 14.3. The largest absolute Gasteiger partial charge is 0.339 e. The van der Waals surface area contributed by atoms with E-state index in [1.807, 2.05) is 36.1 Å². The highest BCUT2D eigenvalue weighted by molar-refractivity contribution is 6.00. The Labute approximate surface area is 148 Å². The van der Waals surface area contributed by atoms with Crippen LogP contribution in [-0.2, 0) is 0 Å². The minimum absolute atomic E-state index is 0.0651. The van der Waals surface area contributed by atoms with Gasteiger partial charge >= 0.3 is 6.03 Å². The zero-order chi connectivity index (χ0) is 17.6. The fourth-order valence-electron chi connectivity index (χ4n) is 2.91. The van der Waals surface area contributed by atoms with Crippen LogP contribution in [0.4, 0.5) is 16.2 Å². The van der Waals surface area contributed by atoms with E-state index < -0.39 is 0 Å². The number of amides is 3. The van der Waals surface area contributed by atoms with Gasteiger partial charge < -0.3 is 15.5 Å². The summed E-state index contributed by atoms with van der Waals surface area (Å²) >= 11 is 0. The minimum Gasteiger partial charge on any atom is -0.339 e. The van der Waals surface area contributed by atoms with Crippen molar-refractivity contribution in [1.82, 2.24) is 4.90 Å². The molecule has 0 spiro atoms. The van der Waals surface area contributed by atoms with E-state index in [1.165, 1.54) is 6.42 Å². The second kappa shape index (κ2) is 7.83. The summed E-state index contributed by atoms with van der Waals surface area (Å²) in [5.74, 6) is 0.0651. The van der Waals surface area contributed by atoms with Gasteiger partial charge in [0.25, 0.3) is 5.91 Å². The fourth-order valence-corrected chi connectivity index (χ4v) is 2.91. The van der Waals surface area contributed by atoms with Crippen LogP contribution in [0.3, 0.4) is 0 Å². The van der Waals surface area contributed by atoms with Gasteiger partial charge in [0.2, 0.25) is 0 Å². The predicted molar refractivity (Wildman–Crippen MR) is 100 cm³/mol. The molecule has 0 saturated carbocycles. The molecule has 1 saturated heterocycles. The zero-order valence-corrected chi connectivity index (χ0v) is 14.4. The molecule has 5 nitrogen and oxygen atoms in total. The Morgan fingerprint density at radius 3 is 1.88 bits per heavy atom.